The summed E-state index contributed by atoms with van der Waals surface area (Å²) in [7, 11) is -4.29. The van der Waals surface area contributed by atoms with E-state index in [4.69, 9.17) is 0 Å². The van der Waals surface area contributed by atoms with E-state index in [9.17, 15) is 22.4 Å². The number of H-pyrrole nitrogens is 1. The van der Waals surface area contributed by atoms with Gasteiger partial charge in [-0.1, -0.05) is 44.2 Å². The molecule has 0 saturated heterocycles. The van der Waals surface area contributed by atoms with Crippen molar-refractivity contribution in [3.8, 4) is 0 Å². The van der Waals surface area contributed by atoms with Gasteiger partial charge in [0.25, 0.3) is 5.91 Å². The molecular weight excluding hydrogens is 423 g/mol. The molecule has 0 spiro atoms. The second-order valence-electron chi connectivity index (χ2n) is 7.35. The Labute approximate surface area is 179 Å². The highest BCUT2D eigenvalue weighted by molar-refractivity contribution is 7.89. The van der Waals surface area contributed by atoms with Crippen LogP contribution in [0.15, 0.2) is 59.6 Å². The molecule has 0 aliphatic carbocycles. The molecule has 3 aromatic rings. The number of rotatable bonds is 7. The van der Waals surface area contributed by atoms with E-state index in [1.54, 1.807) is 20.0 Å². The van der Waals surface area contributed by atoms with Gasteiger partial charge >= 0.3 is 0 Å². The van der Waals surface area contributed by atoms with E-state index < -0.39 is 44.5 Å². The van der Waals surface area contributed by atoms with Gasteiger partial charge in [0, 0.05) is 17.1 Å². The van der Waals surface area contributed by atoms with E-state index in [2.05, 4.69) is 20.6 Å². The Morgan fingerprint density at radius 1 is 1.03 bits per heavy atom. The first-order chi connectivity index (χ1) is 14.7. The highest BCUT2D eigenvalue weighted by Crippen LogP contribution is 2.18. The molecule has 0 saturated carbocycles. The third-order valence-corrected chi connectivity index (χ3v) is 6.18. The van der Waals surface area contributed by atoms with Crippen molar-refractivity contribution in [2.75, 3.05) is 0 Å². The lowest BCUT2D eigenvalue weighted by Gasteiger charge is -2.22. The predicted molar refractivity (Wildman–Crippen MR) is 114 cm³/mol. The number of fused-ring (bicyclic) bond motifs is 1. The van der Waals surface area contributed by atoms with Gasteiger partial charge in [-0.15, -0.1) is 0 Å². The normalized spacial score (nSPS) is 12.6. The summed E-state index contributed by atoms with van der Waals surface area (Å²) in [6.45, 7) is 3.25. The molecule has 2 aromatic carbocycles. The molecule has 164 valence electrons. The van der Waals surface area contributed by atoms with Gasteiger partial charge in [-0.05, 0) is 29.7 Å². The van der Waals surface area contributed by atoms with Crippen molar-refractivity contribution < 1.29 is 22.4 Å². The lowest BCUT2D eigenvalue weighted by Crippen LogP contribution is -2.54. The largest absolute Gasteiger partial charge is 0.361 e. The van der Waals surface area contributed by atoms with Crippen molar-refractivity contribution in [1.82, 2.24) is 20.6 Å². The number of para-hydroxylation sites is 1. The van der Waals surface area contributed by atoms with Gasteiger partial charge in [-0.25, -0.2) is 12.8 Å². The molecule has 3 rings (SSSR count). The van der Waals surface area contributed by atoms with Crippen molar-refractivity contribution in [2.45, 2.75) is 31.2 Å². The third kappa shape index (κ3) is 5.28. The molecule has 0 aliphatic heterocycles. The Kier molecular flexibility index (Phi) is 6.71. The van der Waals surface area contributed by atoms with Crippen LogP contribution < -0.4 is 15.6 Å². The number of hydrogen-bond acceptors (Lipinski definition) is 4. The molecule has 1 aromatic heterocycles. The molecule has 10 heteroatoms. The molecule has 2 amide bonds. The van der Waals surface area contributed by atoms with E-state index >= 15 is 0 Å². The standard InChI is InChI=1S/C21H23FN4O4S/c1-13(2)20(26-31(29,30)18-10-6-4-8-16(18)22)21(28)25-24-19(27)11-14-12-23-17-9-5-3-7-15(14)17/h3-10,12-13,20,23,26H,11H2,1-2H3,(H,24,27)(H,25,28)/t20-/m1/s1. The lowest BCUT2D eigenvalue weighted by molar-refractivity contribution is -0.130. The predicted octanol–water partition coefficient (Wildman–Crippen LogP) is 2.00. The minimum atomic E-state index is -4.29. The minimum Gasteiger partial charge on any atom is -0.361 e. The summed E-state index contributed by atoms with van der Waals surface area (Å²) < 4.78 is 41.2. The SMILES string of the molecule is CC(C)[C@@H](NS(=O)(=O)c1ccccc1F)C(=O)NNC(=O)Cc1c[nH]c2ccccc12. The van der Waals surface area contributed by atoms with Crippen LogP contribution in [-0.4, -0.2) is 31.3 Å². The molecule has 0 unspecified atom stereocenters. The minimum absolute atomic E-state index is 0.0115. The number of amides is 2. The maximum absolute atomic E-state index is 13.9. The highest BCUT2D eigenvalue weighted by atomic mass is 32.2. The average Bonchev–Trinajstić information content (AvgIpc) is 3.13. The van der Waals surface area contributed by atoms with Crippen molar-refractivity contribution >= 4 is 32.7 Å². The number of hydrazine groups is 1. The van der Waals surface area contributed by atoms with E-state index in [-0.39, 0.29) is 6.42 Å². The van der Waals surface area contributed by atoms with Gasteiger partial charge in [0.05, 0.1) is 6.42 Å². The number of halogens is 1. The fourth-order valence-corrected chi connectivity index (χ4v) is 4.51. The van der Waals surface area contributed by atoms with Gasteiger partial charge in [0.15, 0.2) is 0 Å². The molecule has 8 nitrogen and oxygen atoms in total. The third-order valence-electron chi connectivity index (χ3n) is 4.71. The van der Waals surface area contributed by atoms with E-state index in [0.717, 1.165) is 28.6 Å². The highest BCUT2D eigenvalue weighted by Gasteiger charge is 2.30. The Balaban J connectivity index is 1.64. The molecule has 31 heavy (non-hydrogen) atoms. The summed E-state index contributed by atoms with van der Waals surface area (Å²) >= 11 is 0. The molecule has 0 radical (unpaired) electrons. The summed E-state index contributed by atoms with van der Waals surface area (Å²) in [5.74, 6) is -2.63. The van der Waals surface area contributed by atoms with E-state index in [1.165, 1.54) is 12.1 Å². The Morgan fingerprint density at radius 2 is 1.71 bits per heavy atom. The summed E-state index contributed by atoms with van der Waals surface area (Å²) in [5, 5.41) is 0.890. The monoisotopic (exact) mass is 446 g/mol. The van der Waals surface area contributed by atoms with Crippen LogP contribution in [-0.2, 0) is 26.0 Å². The quantitative estimate of drug-likeness (QED) is 0.415. The maximum Gasteiger partial charge on any atom is 0.256 e. The van der Waals surface area contributed by atoms with Crippen LogP contribution in [0, 0.1) is 11.7 Å². The molecule has 0 fully saturated rings. The first-order valence-corrected chi connectivity index (χ1v) is 11.1. The van der Waals surface area contributed by atoms with Crippen LogP contribution in [0.5, 0.6) is 0 Å². The number of aromatic nitrogens is 1. The van der Waals surface area contributed by atoms with Crippen molar-refractivity contribution in [1.29, 1.82) is 0 Å². The smallest absolute Gasteiger partial charge is 0.256 e. The topological polar surface area (TPSA) is 120 Å². The number of carbonyl (C=O) groups excluding carboxylic acids is 2. The zero-order valence-corrected chi connectivity index (χ0v) is 17.8. The molecule has 1 atom stereocenters. The number of benzene rings is 2. The number of aromatic amines is 1. The van der Waals surface area contributed by atoms with Gasteiger partial charge in [0.2, 0.25) is 15.9 Å². The molecule has 0 bridgehead atoms. The average molecular weight is 447 g/mol. The van der Waals surface area contributed by atoms with Crippen molar-refractivity contribution in [3.63, 3.8) is 0 Å². The fraction of sp³-hybridized carbons (Fsp3) is 0.238. The maximum atomic E-state index is 13.9. The van der Waals surface area contributed by atoms with Gasteiger partial charge in [-0.2, -0.15) is 4.72 Å². The lowest BCUT2D eigenvalue weighted by atomic mass is 10.1. The second kappa shape index (κ2) is 9.27. The molecule has 1 heterocycles. The Morgan fingerprint density at radius 3 is 2.42 bits per heavy atom. The van der Waals surface area contributed by atoms with E-state index in [1.807, 2.05) is 24.3 Å². The summed E-state index contributed by atoms with van der Waals surface area (Å²) in [5.41, 5.74) is 6.18. The van der Waals surface area contributed by atoms with Crippen LogP contribution in [0.1, 0.15) is 19.4 Å². The van der Waals surface area contributed by atoms with Crippen LogP contribution in [0.25, 0.3) is 10.9 Å². The Bertz CT molecular complexity index is 1210. The number of hydrogen-bond donors (Lipinski definition) is 4. The van der Waals surface area contributed by atoms with Crippen LogP contribution >= 0.6 is 0 Å². The summed E-state index contributed by atoms with van der Waals surface area (Å²) in [6, 6.07) is 11.1. The van der Waals surface area contributed by atoms with E-state index in [0.29, 0.717) is 0 Å². The number of sulfonamides is 1. The van der Waals surface area contributed by atoms with Crippen LogP contribution in [0.4, 0.5) is 4.39 Å². The van der Waals surface area contributed by atoms with Crippen molar-refractivity contribution in [3.05, 3.63) is 66.1 Å². The fourth-order valence-electron chi connectivity index (χ4n) is 3.09. The Hall–Kier alpha value is -3.24. The first kappa shape index (κ1) is 22.4. The molecular formula is C21H23FN4O4S. The van der Waals surface area contributed by atoms with Gasteiger partial charge in [-0.3, -0.25) is 20.4 Å². The van der Waals surface area contributed by atoms with Gasteiger partial charge in [0.1, 0.15) is 16.8 Å². The molecule has 0 aliphatic rings. The second-order valence-corrected chi connectivity index (χ2v) is 9.03. The van der Waals surface area contributed by atoms with Crippen molar-refractivity contribution in [2.24, 2.45) is 5.92 Å². The van der Waals surface area contributed by atoms with Crippen LogP contribution in [0.2, 0.25) is 0 Å². The summed E-state index contributed by atoms with van der Waals surface area (Å²) in [6.07, 6.45) is 1.73. The zero-order chi connectivity index (χ0) is 22.6. The number of carbonyl (C=O) groups is 2. The summed E-state index contributed by atoms with van der Waals surface area (Å²) in [4.78, 5) is 27.3. The molecule has 4 N–H and O–H groups in total. The van der Waals surface area contributed by atoms with Gasteiger partial charge < -0.3 is 4.98 Å². The first-order valence-electron chi connectivity index (χ1n) is 9.59. The van der Waals surface area contributed by atoms with Crippen LogP contribution in [0.3, 0.4) is 0 Å². The zero-order valence-electron chi connectivity index (χ0n) is 17.0. The number of nitrogens with one attached hydrogen (secondary N) is 4.